The number of nitrogens with zero attached hydrogens (tertiary/aromatic N) is 2. The lowest BCUT2D eigenvalue weighted by Gasteiger charge is -2.28. The summed E-state index contributed by atoms with van der Waals surface area (Å²) in [5.41, 5.74) is 5.06. The van der Waals surface area contributed by atoms with E-state index >= 15 is 0 Å². The maximum Gasteiger partial charge on any atom is 0.187 e. The van der Waals surface area contributed by atoms with Gasteiger partial charge in [-0.05, 0) is 43.8 Å². The Balaban J connectivity index is 1.85. The molecular weight excluding hydrogens is 284 g/mol. The number of benzene rings is 1. The number of thiocarbonyl (C=S) groups is 1. The minimum atomic E-state index is 0.299. The van der Waals surface area contributed by atoms with Gasteiger partial charge in [-0.15, -0.1) is 0 Å². The van der Waals surface area contributed by atoms with Crippen molar-refractivity contribution in [1.29, 1.82) is 0 Å². The van der Waals surface area contributed by atoms with E-state index in [4.69, 9.17) is 17.0 Å². The van der Waals surface area contributed by atoms with Crippen LogP contribution in [0.25, 0.3) is 0 Å². The quantitative estimate of drug-likeness (QED) is 0.504. The van der Waals surface area contributed by atoms with Gasteiger partial charge in [0.05, 0.1) is 19.4 Å². The van der Waals surface area contributed by atoms with Crippen molar-refractivity contribution in [2.45, 2.75) is 19.9 Å². The zero-order valence-electron chi connectivity index (χ0n) is 12.5. The Morgan fingerprint density at radius 2 is 1.95 bits per heavy atom. The predicted octanol–water partition coefficient (Wildman–Crippen LogP) is 1.73. The highest BCUT2D eigenvalue weighted by Crippen LogP contribution is 2.15. The van der Waals surface area contributed by atoms with E-state index in [1.807, 2.05) is 13.8 Å². The topological polar surface area (TPSA) is 48.9 Å². The largest absolute Gasteiger partial charge is 0.378 e. The molecule has 1 aliphatic heterocycles. The smallest absolute Gasteiger partial charge is 0.187 e. The van der Waals surface area contributed by atoms with Gasteiger partial charge in [0.1, 0.15) is 0 Å². The van der Waals surface area contributed by atoms with Crippen LogP contribution in [0, 0.1) is 0 Å². The normalized spacial score (nSPS) is 15.5. The molecule has 21 heavy (non-hydrogen) atoms. The lowest BCUT2D eigenvalue weighted by atomic mass is 10.2. The molecule has 5 nitrogen and oxygen atoms in total. The van der Waals surface area contributed by atoms with E-state index in [9.17, 15) is 0 Å². The molecule has 0 aliphatic carbocycles. The summed E-state index contributed by atoms with van der Waals surface area (Å²) in [5, 5.41) is 7.73. The molecule has 0 radical (unpaired) electrons. The first-order valence-corrected chi connectivity index (χ1v) is 7.58. The second-order valence-corrected chi connectivity index (χ2v) is 5.60. The van der Waals surface area contributed by atoms with Crippen LogP contribution in [0.2, 0.25) is 0 Å². The molecule has 0 aromatic heterocycles. The molecular formula is C15H22N4OS. The summed E-state index contributed by atoms with van der Waals surface area (Å²) >= 11 is 5.10. The molecule has 0 unspecified atom stereocenters. The van der Waals surface area contributed by atoms with Crippen molar-refractivity contribution in [2.24, 2.45) is 5.10 Å². The number of ether oxygens (including phenoxy) is 1. The Hall–Kier alpha value is -1.66. The van der Waals surface area contributed by atoms with Gasteiger partial charge in [-0.1, -0.05) is 12.1 Å². The van der Waals surface area contributed by atoms with E-state index in [0.29, 0.717) is 11.2 Å². The summed E-state index contributed by atoms with van der Waals surface area (Å²) in [7, 11) is 0. The number of hydrazone groups is 1. The molecule has 1 saturated heterocycles. The average Bonchev–Trinajstić information content (AvgIpc) is 2.48. The lowest BCUT2D eigenvalue weighted by molar-refractivity contribution is 0.122. The molecule has 6 heteroatoms. The monoisotopic (exact) mass is 306 g/mol. The van der Waals surface area contributed by atoms with Crippen molar-refractivity contribution >= 4 is 29.2 Å². The van der Waals surface area contributed by atoms with E-state index in [-0.39, 0.29) is 0 Å². The van der Waals surface area contributed by atoms with E-state index in [1.165, 1.54) is 5.69 Å². The minimum Gasteiger partial charge on any atom is -0.378 e. The van der Waals surface area contributed by atoms with Crippen molar-refractivity contribution in [1.82, 2.24) is 10.7 Å². The van der Waals surface area contributed by atoms with Crippen LogP contribution in [0.1, 0.15) is 19.4 Å². The molecule has 1 heterocycles. The van der Waals surface area contributed by atoms with Gasteiger partial charge in [0, 0.05) is 24.8 Å². The number of rotatable bonds is 4. The zero-order chi connectivity index (χ0) is 15.1. The maximum absolute atomic E-state index is 5.36. The van der Waals surface area contributed by atoms with Gasteiger partial charge in [0.2, 0.25) is 0 Å². The van der Waals surface area contributed by atoms with Crippen LogP contribution < -0.4 is 15.6 Å². The molecule has 0 bridgehead atoms. The van der Waals surface area contributed by atoms with Crippen molar-refractivity contribution in [3.63, 3.8) is 0 Å². The van der Waals surface area contributed by atoms with Crippen molar-refractivity contribution in [2.75, 3.05) is 31.2 Å². The molecule has 2 N–H and O–H groups in total. The van der Waals surface area contributed by atoms with Crippen molar-refractivity contribution in [3.8, 4) is 0 Å². The minimum absolute atomic E-state index is 0.299. The summed E-state index contributed by atoms with van der Waals surface area (Å²) in [6.45, 7) is 7.55. The predicted molar refractivity (Wildman–Crippen MR) is 91.1 cm³/mol. The molecule has 0 spiro atoms. The van der Waals surface area contributed by atoms with Gasteiger partial charge < -0.3 is 15.0 Å². The third-order valence-corrected chi connectivity index (χ3v) is 3.28. The van der Waals surface area contributed by atoms with E-state index in [0.717, 1.165) is 31.9 Å². The fourth-order valence-corrected chi connectivity index (χ4v) is 2.34. The Labute approximate surface area is 131 Å². The van der Waals surface area contributed by atoms with Crippen molar-refractivity contribution in [3.05, 3.63) is 29.8 Å². The molecule has 1 aromatic rings. The second-order valence-electron chi connectivity index (χ2n) is 5.19. The van der Waals surface area contributed by atoms with Gasteiger partial charge in [-0.2, -0.15) is 5.10 Å². The highest BCUT2D eigenvalue weighted by Gasteiger charge is 2.10. The van der Waals surface area contributed by atoms with Gasteiger partial charge in [-0.25, -0.2) is 0 Å². The fraction of sp³-hybridized carbons (Fsp3) is 0.467. The average molecular weight is 306 g/mol. The first kappa shape index (κ1) is 15.7. The lowest BCUT2D eigenvalue weighted by Crippen LogP contribution is -2.36. The zero-order valence-corrected chi connectivity index (χ0v) is 13.3. The first-order chi connectivity index (χ1) is 10.1. The van der Waals surface area contributed by atoms with E-state index in [2.05, 4.69) is 45.0 Å². The maximum atomic E-state index is 5.36. The summed E-state index contributed by atoms with van der Waals surface area (Å²) in [6, 6.07) is 8.62. The molecule has 1 fully saturated rings. The molecule has 1 aromatic carbocycles. The summed E-state index contributed by atoms with van der Waals surface area (Å²) in [5.74, 6) is 0. The summed E-state index contributed by atoms with van der Waals surface area (Å²) in [4.78, 5) is 2.32. The van der Waals surface area contributed by atoms with E-state index < -0.39 is 0 Å². The van der Waals surface area contributed by atoms with Crippen LogP contribution in [-0.4, -0.2) is 43.7 Å². The number of anilines is 1. The second kappa shape index (κ2) is 7.95. The van der Waals surface area contributed by atoms with Gasteiger partial charge in [-0.3, -0.25) is 5.43 Å². The Bertz CT molecular complexity index is 481. The van der Waals surface area contributed by atoms with E-state index in [1.54, 1.807) is 6.21 Å². The number of hydrogen-bond acceptors (Lipinski definition) is 4. The molecule has 114 valence electrons. The number of nitrogens with one attached hydrogen (secondary N) is 2. The summed E-state index contributed by atoms with van der Waals surface area (Å²) < 4.78 is 5.36. The Morgan fingerprint density at radius 1 is 1.29 bits per heavy atom. The van der Waals surface area contributed by atoms with Crippen LogP contribution in [0.5, 0.6) is 0 Å². The van der Waals surface area contributed by atoms with Crippen LogP contribution in [0.4, 0.5) is 5.69 Å². The third kappa shape index (κ3) is 5.32. The molecule has 0 saturated carbocycles. The number of morpholine rings is 1. The van der Waals surface area contributed by atoms with Crippen LogP contribution in [-0.2, 0) is 4.74 Å². The molecule has 0 atom stereocenters. The fourth-order valence-electron chi connectivity index (χ4n) is 2.05. The van der Waals surface area contributed by atoms with Crippen LogP contribution in [0.15, 0.2) is 29.4 Å². The molecule has 2 rings (SSSR count). The SMILES string of the molecule is CC(C)NC(=S)N/N=C\c1ccc(N2CCOCC2)cc1. The highest BCUT2D eigenvalue weighted by molar-refractivity contribution is 7.80. The highest BCUT2D eigenvalue weighted by atomic mass is 32.1. The standard InChI is InChI=1S/C15H22N4OS/c1-12(2)17-15(21)18-16-11-13-3-5-14(6-4-13)19-7-9-20-10-8-19/h3-6,11-12H,7-10H2,1-2H3,(H2,17,18,21)/b16-11-. The van der Waals surface area contributed by atoms with Gasteiger partial charge in [0.25, 0.3) is 0 Å². The third-order valence-electron chi connectivity index (χ3n) is 3.07. The Morgan fingerprint density at radius 3 is 2.57 bits per heavy atom. The Kier molecular flexibility index (Phi) is 5.95. The molecule has 0 amide bonds. The van der Waals surface area contributed by atoms with Crippen LogP contribution in [0.3, 0.4) is 0 Å². The molecule has 1 aliphatic rings. The van der Waals surface area contributed by atoms with Gasteiger partial charge in [0.15, 0.2) is 5.11 Å². The first-order valence-electron chi connectivity index (χ1n) is 7.17. The van der Waals surface area contributed by atoms with Gasteiger partial charge >= 0.3 is 0 Å². The van der Waals surface area contributed by atoms with Crippen molar-refractivity contribution < 1.29 is 4.74 Å². The van der Waals surface area contributed by atoms with Crippen LogP contribution >= 0.6 is 12.2 Å². The summed E-state index contributed by atoms with van der Waals surface area (Å²) in [6.07, 6.45) is 1.76. The number of hydrogen-bond donors (Lipinski definition) is 2.